The number of anilines is 1. The van der Waals surface area contributed by atoms with E-state index in [4.69, 9.17) is 16.3 Å². The quantitative estimate of drug-likeness (QED) is 0.908. The molecule has 0 aliphatic rings. The number of hydrogen-bond acceptors (Lipinski definition) is 3. The van der Waals surface area contributed by atoms with Gasteiger partial charge in [0.25, 0.3) is 5.91 Å². The zero-order valence-electron chi connectivity index (χ0n) is 10.8. The highest BCUT2D eigenvalue weighted by molar-refractivity contribution is 6.32. The van der Waals surface area contributed by atoms with E-state index in [-0.39, 0.29) is 10.8 Å². The summed E-state index contributed by atoms with van der Waals surface area (Å²) in [7, 11) is 1.38. The first-order valence-electron chi connectivity index (χ1n) is 5.55. The van der Waals surface area contributed by atoms with E-state index in [1.54, 1.807) is 6.92 Å². The number of ether oxygens (including phenoxy) is 2. The smallest absolute Gasteiger partial charge is 0.422 e. The van der Waals surface area contributed by atoms with Crippen molar-refractivity contribution in [2.45, 2.75) is 19.2 Å². The van der Waals surface area contributed by atoms with E-state index in [0.717, 1.165) is 0 Å². The second-order valence-corrected chi connectivity index (χ2v) is 4.32. The number of carbonyl (C=O) groups is 1. The van der Waals surface area contributed by atoms with Crippen molar-refractivity contribution in [3.05, 3.63) is 23.2 Å². The fraction of sp³-hybridized carbons (Fsp3) is 0.417. The lowest BCUT2D eigenvalue weighted by molar-refractivity contribution is -0.153. The van der Waals surface area contributed by atoms with Crippen LogP contribution in [0.4, 0.5) is 18.9 Å². The maximum Gasteiger partial charge on any atom is 0.422 e. The van der Waals surface area contributed by atoms with Crippen LogP contribution in [0.3, 0.4) is 0 Å². The van der Waals surface area contributed by atoms with Crippen molar-refractivity contribution in [3.63, 3.8) is 0 Å². The lowest BCUT2D eigenvalue weighted by atomic mass is 10.3. The van der Waals surface area contributed by atoms with Crippen LogP contribution in [-0.2, 0) is 9.53 Å². The summed E-state index contributed by atoms with van der Waals surface area (Å²) in [6, 6.07) is 3.94. The Morgan fingerprint density at radius 2 is 2.10 bits per heavy atom. The molecule has 0 saturated carbocycles. The number of methoxy groups -OCH3 is 1. The normalized spacial score (nSPS) is 12.9. The van der Waals surface area contributed by atoms with E-state index in [1.165, 1.54) is 25.3 Å². The highest BCUT2D eigenvalue weighted by atomic mass is 35.5. The number of alkyl halides is 3. The minimum Gasteiger partial charge on any atom is -0.483 e. The highest BCUT2D eigenvalue weighted by Crippen LogP contribution is 2.29. The van der Waals surface area contributed by atoms with Crippen molar-refractivity contribution in [1.29, 1.82) is 0 Å². The third kappa shape index (κ3) is 5.26. The molecule has 4 nitrogen and oxygen atoms in total. The van der Waals surface area contributed by atoms with Crippen LogP contribution < -0.4 is 10.1 Å². The number of benzene rings is 1. The summed E-state index contributed by atoms with van der Waals surface area (Å²) in [5.41, 5.74) is 0.336. The van der Waals surface area contributed by atoms with E-state index in [2.05, 4.69) is 10.1 Å². The molecule has 1 rings (SSSR count). The molecule has 0 fully saturated rings. The number of amides is 1. The first-order valence-corrected chi connectivity index (χ1v) is 5.93. The Hall–Kier alpha value is -1.47. The van der Waals surface area contributed by atoms with Crippen molar-refractivity contribution in [3.8, 4) is 5.75 Å². The van der Waals surface area contributed by atoms with E-state index in [9.17, 15) is 18.0 Å². The molecule has 0 radical (unpaired) electrons. The predicted octanol–water partition coefficient (Wildman–Crippen LogP) is 3.25. The monoisotopic (exact) mass is 311 g/mol. The third-order valence-electron chi connectivity index (χ3n) is 2.31. The molecule has 0 bridgehead atoms. The molecule has 0 spiro atoms. The van der Waals surface area contributed by atoms with Gasteiger partial charge in [-0.3, -0.25) is 4.79 Å². The summed E-state index contributed by atoms with van der Waals surface area (Å²) < 4.78 is 45.4. The van der Waals surface area contributed by atoms with Gasteiger partial charge in [-0.1, -0.05) is 11.6 Å². The molecular weight excluding hydrogens is 299 g/mol. The van der Waals surface area contributed by atoms with E-state index in [0.29, 0.717) is 5.69 Å². The first kappa shape index (κ1) is 16.6. The Morgan fingerprint density at radius 1 is 1.45 bits per heavy atom. The lowest BCUT2D eigenvalue weighted by Crippen LogP contribution is -2.26. The number of carbonyl (C=O) groups excluding carboxylic acids is 1. The average molecular weight is 312 g/mol. The van der Waals surface area contributed by atoms with Crippen LogP contribution in [0.25, 0.3) is 0 Å². The molecule has 1 atom stereocenters. The van der Waals surface area contributed by atoms with Gasteiger partial charge in [0.1, 0.15) is 11.9 Å². The summed E-state index contributed by atoms with van der Waals surface area (Å²) in [5.74, 6) is -0.505. The Bertz CT molecular complexity index is 480. The SMILES string of the molecule is CO[C@@H](C)C(=O)Nc1ccc(OCC(F)(F)F)c(Cl)c1. The Morgan fingerprint density at radius 3 is 2.60 bits per heavy atom. The van der Waals surface area contributed by atoms with Gasteiger partial charge in [0.2, 0.25) is 0 Å². The summed E-state index contributed by atoms with van der Waals surface area (Å²) in [5, 5.41) is 2.48. The molecule has 1 aromatic carbocycles. The molecule has 1 N–H and O–H groups in total. The van der Waals surface area contributed by atoms with Gasteiger partial charge in [-0.25, -0.2) is 0 Å². The van der Waals surface area contributed by atoms with E-state index >= 15 is 0 Å². The predicted molar refractivity (Wildman–Crippen MR) is 68.1 cm³/mol. The van der Waals surface area contributed by atoms with Crippen LogP contribution in [0.1, 0.15) is 6.92 Å². The van der Waals surface area contributed by atoms with Crippen molar-refractivity contribution in [2.24, 2.45) is 0 Å². The van der Waals surface area contributed by atoms with Crippen molar-refractivity contribution in [1.82, 2.24) is 0 Å². The van der Waals surface area contributed by atoms with Crippen LogP contribution in [0, 0.1) is 0 Å². The molecule has 1 aromatic rings. The van der Waals surface area contributed by atoms with Crippen molar-refractivity contribution in [2.75, 3.05) is 19.0 Å². The Kier molecular flexibility index (Phi) is 5.64. The molecule has 0 heterocycles. The number of hydrogen-bond donors (Lipinski definition) is 1. The number of halogens is 4. The zero-order valence-corrected chi connectivity index (χ0v) is 11.5. The maximum absolute atomic E-state index is 12.0. The summed E-state index contributed by atoms with van der Waals surface area (Å²) >= 11 is 5.78. The van der Waals surface area contributed by atoms with Gasteiger partial charge in [-0.05, 0) is 25.1 Å². The van der Waals surface area contributed by atoms with Gasteiger partial charge in [-0.15, -0.1) is 0 Å². The van der Waals surface area contributed by atoms with Gasteiger partial charge in [0, 0.05) is 12.8 Å². The van der Waals surface area contributed by atoms with Crippen LogP contribution in [0.15, 0.2) is 18.2 Å². The average Bonchev–Trinajstić information content (AvgIpc) is 2.35. The van der Waals surface area contributed by atoms with Gasteiger partial charge in [0.05, 0.1) is 5.02 Å². The molecular formula is C12H13ClF3NO3. The van der Waals surface area contributed by atoms with Gasteiger partial charge < -0.3 is 14.8 Å². The molecule has 20 heavy (non-hydrogen) atoms. The molecule has 1 amide bonds. The zero-order chi connectivity index (χ0) is 15.3. The van der Waals surface area contributed by atoms with Crippen LogP contribution in [0.5, 0.6) is 5.75 Å². The summed E-state index contributed by atoms with van der Waals surface area (Å²) in [6.07, 6.45) is -5.10. The second-order valence-electron chi connectivity index (χ2n) is 3.92. The molecule has 0 aliphatic heterocycles. The largest absolute Gasteiger partial charge is 0.483 e. The Balaban J connectivity index is 2.71. The van der Waals surface area contributed by atoms with Gasteiger partial charge in [0.15, 0.2) is 6.61 Å². The molecule has 0 saturated heterocycles. The van der Waals surface area contributed by atoms with Crippen LogP contribution in [-0.4, -0.2) is 31.9 Å². The van der Waals surface area contributed by atoms with E-state index < -0.39 is 24.8 Å². The molecule has 0 unspecified atom stereocenters. The lowest BCUT2D eigenvalue weighted by Gasteiger charge is -2.13. The van der Waals surface area contributed by atoms with Crippen LogP contribution in [0.2, 0.25) is 5.02 Å². The number of nitrogens with one attached hydrogen (secondary N) is 1. The topological polar surface area (TPSA) is 47.6 Å². The highest BCUT2D eigenvalue weighted by Gasteiger charge is 2.28. The summed E-state index contributed by atoms with van der Waals surface area (Å²) in [4.78, 5) is 11.5. The molecule has 8 heteroatoms. The maximum atomic E-state index is 12.0. The molecule has 112 valence electrons. The standard InChI is InChI=1S/C12H13ClF3NO3/c1-7(19-2)11(18)17-8-3-4-10(9(13)5-8)20-6-12(14,15)16/h3-5,7H,6H2,1-2H3,(H,17,18)/t7-/m0/s1. The Labute approximate surface area is 118 Å². The van der Waals surface area contributed by atoms with Crippen LogP contribution >= 0.6 is 11.6 Å². The first-order chi connectivity index (χ1) is 9.23. The van der Waals surface area contributed by atoms with Gasteiger partial charge in [-0.2, -0.15) is 13.2 Å². The van der Waals surface area contributed by atoms with E-state index in [1.807, 2.05) is 0 Å². The minimum absolute atomic E-state index is 0.0304. The second kappa shape index (κ2) is 6.81. The van der Waals surface area contributed by atoms with Crippen molar-refractivity contribution < 1.29 is 27.4 Å². The summed E-state index contributed by atoms with van der Waals surface area (Å²) in [6.45, 7) is 0.122. The number of rotatable bonds is 5. The third-order valence-corrected chi connectivity index (χ3v) is 2.61. The fourth-order valence-corrected chi connectivity index (χ4v) is 1.44. The molecule has 0 aliphatic carbocycles. The minimum atomic E-state index is -4.44. The fourth-order valence-electron chi connectivity index (χ4n) is 1.21. The van der Waals surface area contributed by atoms with Crippen molar-refractivity contribution >= 4 is 23.2 Å². The molecule has 0 aromatic heterocycles. The van der Waals surface area contributed by atoms with Gasteiger partial charge >= 0.3 is 6.18 Å².